The number of furan rings is 1. The first-order valence-electron chi connectivity index (χ1n) is 20.6. The molecule has 0 aliphatic heterocycles. The van der Waals surface area contributed by atoms with Crippen LogP contribution in [0.3, 0.4) is 0 Å². The van der Waals surface area contributed by atoms with Gasteiger partial charge in [-0.2, -0.15) is 0 Å². The standard InChI is InChI=1S/C58H37NO/c1-2-13-41-34-42(25-24-38(41)12-1)45-35-43-14-3-6-17-49(43)55(36-45)40-28-32-47(33-29-40)59(56-37-44-15-4-5-16-48(44)51-18-7-8-19-52(51)56)46-30-26-39(27-31-46)50-21-11-22-54-53-20-9-10-23-57(53)60-58(50)54/h1-37H. The smallest absolute Gasteiger partial charge is 0.143 e. The van der Waals surface area contributed by atoms with Crippen molar-refractivity contribution in [3.8, 4) is 33.4 Å². The average Bonchev–Trinajstić information content (AvgIpc) is 3.71. The topological polar surface area (TPSA) is 16.4 Å². The molecule has 280 valence electrons. The molecule has 0 aliphatic rings. The number of anilines is 3. The van der Waals surface area contributed by atoms with Crippen molar-refractivity contribution in [2.75, 3.05) is 4.90 Å². The minimum atomic E-state index is 0.905. The van der Waals surface area contributed by atoms with Crippen LogP contribution in [0.15, 0.2) is 229 Å². The third-order valence-corrected chi connectivity index (χ3v) is 12.2. The van der Waals surface area contributed by atoms with Crippen molar-refractivity contribution in [3.05, 3.63) is 224 Å². The minimum Gasteiger partial charge on any atom is -0.455 e. The van der Waals surface area contributed by atoms with Crippen LogP contribution in [-0.2, 0) is 0 Å². The maximum atomic E-state index is 6.46. The fourth-order valence-electron chi connectivity index (χ4n) is 9.29. The van der Waals surface area contributed by atoms with Crippen LogP contribution >= 0.6 is 0 Å². The van der Waals surface area contributed by atoms with E-state index in [9.17, 15) is 0 Å². The molecule has 1 aromatic heterocycles. The van der Waals surface area contributed by atoms with Gasteiger partial charge in [-0.1, -0.05) is 170 Å². The zero-order valence-electron chi connectivity index (χ0n) is 32.7. The van der Waals surface area contributed by atoms with Crippen LogP contribution in [0.2, 0.25) is 0 Å². The van der Waals surface area contributed by atoms with Gasteiger partial charge in [-0.15, -0.1) is 0 Å². The van der Waals surface area contributed by atoms with Crippen LogP contribution in [-0.4, -0.2) is 0 Å². The summed E-state index contributed by atoms with van der Waals surface area (Å²) in [5.74, 6) is 0. The Morgan fingerprint density at radius 3 is 1.57 bits per heavy atom. The zero-order chi connectivity index (χ0) is 39.6. The summed E-state index contributed by atoms with van der Waals surface area (Å²) >= 11 is 0. The van der Waals surface area contributed by atoms with E-state index in [1.807, 2.05) is 12.1 Å². The van der Waals surface area contributed by atoms with Gasteiger partial charge in [0.1, 0.15) is 11.2 Å². The van der Waals surface area contributed by atoms with Gasteiger partial charge in [-0.3, -0.25) is 0 Å². The van der Waals surface area contributed by atoms with E-state index in [4.69, 9.17) is 4.42 Å². The molecule has 12 aromatic rings. The molecule has 60 heavy (non-hydrogen) atoms. The predicted molar refractivity (Wildman–Crippen MR) is 255 cm³/mol. The first kappa shape index (κ1) is 34.1. The lowest BCUT2D eigenvalue weighted by Gasteiger charge is -2.28. The third-order valence-electron chi connectivity index (χ3n) is 12.2. The van der Waals surface area contributed by atoms with Gasteiger partial charge in [0, 0.05) is 33.1 Å². The van der Waals surface area contributed by atoms with E-state index in [-0.39, 0.29) is 0 Å². The van der Waals surface area contributed by atoms with Crippen molar-refractivity contribution < 1.29 is 4.42 Å². The molecule has 0 saturated carbocycles. The third kappa shape index (κ3) is 5.65. The summed E-state index contributed by atoms with van der Waals surface area (Å²) in [6.45, 7) is 0. The van der Waals surface area contributed by atoms with Crippen molar-refractivity contribution in [1.82, 2.24) is 0 Å². The Kier molecular flexibility index (Phi) is 7.89. The van der Waals surface area contributed by atoms with Gasteiger partial charge in [-0.25, -0.2) is 0 Å². The number of nitrogens with zero attached hydrogens (tertiary/aromatic N) is 1. The van der Waals surface area contributed by atoms with Gasteiger partial charge < -0.3 is 9.32 Å². The molecule has 11 aromatic carbocycles. The highest BCUT2D eigenvalue weighted by molar-refractivity contribution is 6.15. The molecular formula is C58H37NO. The molecule has 2 nitrogen and oxygen atoms in total. The molecule has 0 bridgehead atoms. The van der Waals surface area contributed by atoms with Gasteiger partial charge >= 0.3 is 0 Å². The summed E-state index contributed by atoms with van der Waals surface area (Å²) in [5.41, 5.74) is 12.1. The molecule has 2 heteroatoms. The molecule has 0 aliphatic carbocycles. The number of benzene rings is 11. The molecule has 0 unspecified atom stereocenters. The van der Waals surface area contributed by atoms with E-state index >= 15 is 0 Å². The van der Waals surface area contributed by atoms with Crippen LogP contribution < -0.4 is 4.90 Å². The highest BCUT2D eigenvalue weighted by atomic mass is 16.3. The molecule has 0 spiro atoms. The van der Waals surface area contributed by atoms with Crippen LogP contribution in [0.5, 0.6) is 0 Å². The lowest BCUT2D eigenvalue weighted by molar-refractivity contribution is 0.670. The second-order valence-electron chi connectivity index (χ2n) is 15.7. The highest BCUT2D eigenvalue weighted by Crippen LogP contribution is 2.44. The predicted octanol–water partition coefficient (Wildman–Crippen LogP) is 16.7. The maximum Gasteiger partial charge on any atom is 0.143 e. The first-order chi connectivity index (χ1) is 29.7. The average molecular weight is 764 g/mol. The summed E-state index contributed by atoms with van der Waals surface area (Å²) in [7, 11) is 0. The van der Waals surface area contributed by atoms with Crippen LogP contribution in [0, 0.1) is 0 Å². The van der Waals surface area contributed by atoms with Crippen molar-refractivity contribution in [3.63, 3.8) is 0 Å². The first-order valence-corrected chi connectivity index (χ1v) is 20.6. The molecule has 1 heterocycles. The fraction of sp³-hybridized carbons (Fsp3) is 0. The van der Waals surface area contributed by atoms with Crippen molar-refractivity contribution >= 4 is 82.1 Å². The second kappa shape index (κ2) is 13.9. The summed E-state index contributed by atoms with van der Waals surface area (Å²) in [6.07, 6.45) is 0. The molecule has 0 amide bonds. The minimum absolute atomic E-state index is 0.905. The Labute approximate surface area is 347 Å². The van der Waals surface area contributed by atoms with Gasteiger partial charge in [0.15, 0.2) is 0 Å². The summed E-state index contributed by atoms with van der Waals surface area (Å²) in [4.78, 5) is 2.41. The summed E-state index contributed by atoms with van der Waals surface area (Å²) < 4.78 is 6.46. The second-order valence-corrected chi connectivity index (χ2v) is 15.7. The maximum absolute atomic E-state index is 6.46. The fourth-order valence-corrected chi connectivity index (χ4v) is 9.29. The molecule has 0 N–H and O–H groups in total. The van der Waals surface area contributed by atoms with Gasteiger partial charge in [0.2, 0.25) is 0 Å². The Balaban J connectivity index is 1.01. The molecule has 0 radical (unpaired) electrons. The summed E-state index contributed by atoms with van der Waals surface area (Å²) in [5, 5.41) is 12.1. The van der Waals surface area contributed by atoms with E-state index < -0.39 is 0 Å². The van der Waals surface area contributed by atoms with Crippen molar-refractivity contribution in [2.24, 2.45) is 0 Å². The molecule has 0 atom stereocenters. The zero-order valence-corrected chi connectivity index (χ0v) is 32.7. The summed E-state index contributed by atoms with van der Waals surface area (Å²) in [6, 6.07) is 81.4. The Bertz CT molecular complexity index is 3600. The van der Waals surface area contributed by atoms with E-state index in [0.717, 1.165) is 50.1 Å². The largest absolute Gasteiger partial charge is 0.455 e. The number of fused-ring (bicyclic) bond motifs is 8. The normalized spacial score (nSPS) is 11.7. The Hall–Kier alpha value is -7.94. The van der Waals surface area contributed by atoms with E-state index in [1.54, 1.807) is 0 Å². The molecular weight excluding hydrogens is 727 g/mol. The van der Waals surface area contributed by atoms with Crippen LogP contribution in [0.4, 0.5) is 17.1 Å². The number of hydrogen-bond donors (Lipinski definition) is 0. The van der Waals surface area contributed by atoms with E-state index in [1.165, 1.54) is 65.3 Å². The Morgan fingerprint density at radius 1 is 0.283 bits per heavy atom. The van der Waals surface area contributed by atoms with Gasteiger partial charge in [0.25, 0.3) is 0 Å². The molecule has 0 saturated heterocycles. The van der Waals surface area contributed by atoms with Crippen molar-refractivity contribution in [2.45, 2.75) is 0 Å². The van der Waals surface area contributed by atoms with Crippen molar-refractivity contribution in [1.29, 1.82) is 0 Å². The Morgan fingerprint density at radius 2 is 0.817 bits per heavy atom. The van der Waals surface area contributed by atoms with E-state index in [0.29, 0.717) is 0 Å². The lowest BCUT2D eigenvalue weighted by Crippen LogP contribution is -2.10. The van der Waals surface area contributed by atoms with Crippen LogP contribution in [0.1, 0.15) is 0 Å². The van der Waals surface area contributed by atoms with Gasteiger partial charge in [-0.05, 0) is 120 Å². The number of rotatable bonds is 6. The van der Waals surface area contributed by atoms with E-state index in [2.05, 4.69) is 217 Å². The number of para-hydroxylation sites is 2. The molecule has 12 rings (SSSR count). The molecule has 0 fully saturated rings. The number of hydrogen-bond acceptors (Lipinski definition) is 2. The monoisotopic (exact) mass is 763 g/mol. The van der Waals surface area contributed by atoms with Gasteiger partial charge in [0.05, 0.1) is 5.69 Å². The van der Waals surface area contributed by atoms with Crippen LogP contribution in [0.25, 0.3) is 98.4 Å². The quantitative estimate of drug-likeness (QED) is 0.157. The highest BCUT2D eigenvalue weighted by Gasteiger charge is 2.19. The lowest BCUT2D eigenvalue weighted by atomic mass is 9.92. The SMILES string of the molecule is c1ccc2cc(-c3cc(-c4ccc(N(c5ccc(-c6cccc7c6oc6ccccc67)cc5)c5cc6ccccc6c6ccccc56)cc4)c4ccccc4c3)ccc2c1.